The van der Waals surface area contributed by atoms with Gasteiger partial charge in [-0.2, -0.15) is 5.26 Å². The first-order chi connectivity index (χ1) is 17.7. The second kappa shape index (κ2) is 11.1. The standard InChI is InChI=1S/C26H30N6O4S/c1-15(2)20(25(35)36-3)29-23(33)19-14-37-22-21(19)30-26(31-10-6-9-18(28)13-31)32(24(22)34)12-17-8-5-4-7-16(17)11-27/h4-5,7-8,14-15,18,20H,6,9-10,12-13,28H2,1-3H3,(H,29,33)/t18-,20?/m1/s1. The molecule has 0 spiro atoms. The first-order valence-corrected chi connectivity index (χ1v) is 13.0. The number of hydrogen-bond donors (Lipinski definition) is 2. The third-order valence-electron chi connectivity index (χ3n) is 6.52. The lowest BCUT2D eigenvalue weighted by atomic mass is 10.0. The molecule has 2 atom stereocenters. The number of aromatic nitrogens is 2. The Morgan fingerprint density at radius 3 is 2.78 bits per heavy atom. The maximum Gasteiger partial charge on any atom is 0.328 e. The number of esters is 1. The highest BCUT2D eigenvalue weighted by Gasteiger charge is 2.29. The number of rotatable bonds is 7. The Kier molecular flexibility index (Phi) is 7.90. The highest BCUT2D eigenvalue weighted by Crippen LogP contribution is 2.27. The number of piperidine rings is 1. The number of nitrogens with one attached hydrogen (secondary N) is 1. The van der Waals surface area contributed by atoms with Gasteiger partial charge in [0.15, 0.2) is 0 Å². The molecule has 1 aliphatic heterocycles. The smallest absolute Gasteiger partial charge is 0.328 e. The molecule has 10 nitrogen and oxygen atoms in total. The van der Waals surface area contributed by atoms with Gasteiger partial charge in [-0.15, -0.1) is 11.3 Å². The number of benzene rings is 1. The molecule has 0 saturated carbocycles. The van der Waals surface area contributed by atoms with Gasteiger partial charge in [-0.1, -0.05) is 32.0 Å². The predicted octanol–water partition coefficient (Wildman–Crippen LogP) is 2.23. The van der Waals surface area contributed by atoms with Crippen molar-refractivity contribution in [2.24, 2.45) is 11.7 Å². The Labute approximate surface area is 218 Å². The van der Waals surface area contributed by atoms with E-state index in [0.29, 0.717) is 34.9 Å². The maximum atomic E-state index is 13.8. The van der Waals surface area contributed by atoms with Crippen molar-refractivity contribution in [2.45, 2.75) is 45.3 Å². The topological polar surface area (TPSA) is 143 Å². The lowest BCUT2D eigenvalue weighted by Gasteiger charge is -2.33. The number of amides is 1. The first-order valence-electron chi connectivity index (χ1n) is 12.1. The molecular weight excluding hydrogens is 492 g/mol. The molecule has 1 saturated heterocycles. The van der Waals surface area contributed by atoms with Gasteiger partial charge in [-0.05, 0) is 30.4 Å². The number of hydrogen-bond acceptors (Lipinski definition) is 9. The average molecular weight is 523 g/mol. The highest BCUT2D eigenvalue weighted by atomic mass is 32.1. The van der Waals surface area contributed by atoms with Crippen molar-refractivity contribution in [3.63, 3.8) is 0 Å². The van der Waals surface area contributed by atoms with Gasteiger partial charge in [-0.25, -0.2) is 9.78 Å². The van der Waals surface area contributed by atoms with Crippen LogP contribution in [0.3, 0.4) is 0 Å². The largest absolute Gasteiger partial charge is 0.467 e. The molecule has 1 fully saturated rings. The molecular formula is C26H30N6O4S. The minimum Gasteiger partial charge on any atom is -0.467 e. The Hall–Kier alpha value is -3.75. The normalized spacial score (nSPS) is 16.4. The van der Waals surface area contributed by atoms with E-state index in [9.17, 15) is 19.6 Å². The van der Waals surface area contributed by atoms with Crippen LogP contribution >= 0.6 is 11.3 Å². The number of nitrogens with two attached hydrogens (primary N) is 1. The van der Waals surface area contributed by atoms with Gasteiger partial charge in [0.2, 0.25) is 5.95 Å². The summed E-state index contributed by atoms with van der Waals surface area (Å²) in [5.74, 6) is -0.841. The van der Waals surface area contributed by atoms with E-state index < -0.39 is 17.9 Å². The molecule has 3 heterocycles. The fraction of sp³-hybridized carbons (Fsp3) is 0.423. The number of thiophene rings is 1. The number of nitrogens with zero attached hydrogens (tertiary/aromatic N) is 4. The van der Waals surface area contributed by atoms with Crippen LogP contribution < -0.4 is 21.5 Å². The Bertz CT molecular complexity index is 1420. The molecule has 2 aromatic heterocycles. The number of fused-ring (bicyclic) bond motifs is 1. The molecule has 1 aromatic carbocycles. The zero-order valence-electron chi connectivity index (χ0n) is 21.1. The molecule has 194 valence electrons. The molecule has 3 aromatic rings. The second-order valence-electron chi connectivity index (χ2n) is 9.47. The van der Waals surface area contributed by atoms with Crippen LogP contribution in [0.1, 0.15) is 48.2 Å². The molecule has 0 radical (unpaired) electrons. The van der Waals surface area contributed by atoms with Crippen LogP contribution in [0.5, 0.6) is 0 Å². The second-order valence-corrected chi connectivity index (χ2v) is 10.3. The van der Waals surface area contributed by atoms with Crippen molar-refractivity contribution < 1.29 is 14.3 Å². The average Bonchev–Trinajstić information content (AvgIpc) is 3.32. The van der Waals surface area contributed by atoms with Crippen LogP contribution in [0.4, 0.5) is 5.95 Å². The van der Waals surface area contributed by atoms with Gasteiger partial charge in [-0.3, -0.25) is 14.2 Å². The SMILES string of the molecule is COC(=O)C(NC(=O)c1csc2c(=O)n(Cc3ccccc3C#N)c(N3CCC[C@@H](N)C3)nc12)C(C)C. The lowest BCUT2D eigenvalue weighted by molar-refractivity contribution is -0.144. The fourth-order valence-electron chi connectivity index (χ4n) is 4.51. The minimum atomic E-state index is -0.838. The minimum absolute atomic E-state index is 0.0710. The molecule has 1 aliphatic rings. The summed E-state index contributed by atoms with van der Waals surface area (Å²) < 4.78 is 6.72. The van der Waals surface area contributed by atoms with Crippen LogP contribution in [0.2, 0.25) is 0 Å². The van der Waals surface area contributed by atoms with E-state index >= 15 is 0 Å². The van der Waals surface area contributed by atoms with Gasteiger partial charge in [0.1, 0.15) is 16.3 Å². The molecule has 4 rings (SSSR count). The number of ether oxygens (including phenoxy) is 1. The summed E-state index contributed by atoms with van der Waals surface area (Å²) in [6, 6.07) is 8.40. The maximum absolute atomic E-state index is 13.8. The zero-order chi connectivity index (χ0) is 26.7. The number of carbonyl (C=O) groups is 2. The molecule has 0 aliphatic carbocycles. The lowest BCUT2D eigenvalue weighted by Crippen LogP contribution is -2.46. The summed E-state index contributed by atoms with van der Waals surface area (Å²) in [4.78, 5) is 46.0. The van der Waals surface area contributed by atoms with Gasteiger partial charge < -0.3 is 20.7 Å². The monoisotopic (exact) mass is 522 g/mol. The van der Waals surface area contributed by atoms with Crippen molar-refractivity contribution in [1.29, 1.82) is 5.26 Å². The van der Waals surface area contributed by atoms with Crippen molar-refractivity contribution >= 4 is 39.4 Å². The van der Waals surface area contributed by atoms with Crippen LogP contribution in [0.25, 0.3) is 10.2 Å². The van der Waals surface area contributed by atoms with Crippen LogP contribution in [0.15, 0.2) is 34.4 Å². The number of nitriles is 1. The molecule has 1 amide bonds. The van der Waals surface area contributed by atoms with Gasteiger partial charge in [0.05, 0.1) is 30.9 Å². The Morgan fingerprint density at radius 1 is 1.35 bits per heavy atom. The Morgan fingerprint density at radius 2 is 2.11 bits per heavy atom. The van der Waals surface area contributed by atoms with Crippen LogP contribution in [0, 0.1) is 17.2 Å². The van der Waals surface area contributed by atoms with E-state index in [0.717, 1.165) is 24.2 Å². The third-order valence-corrected chi connectivity index (χ3v) is 7.47. The van der Waals surface area contributed by atoms with Crippen molar-refractivity contribution in [1.82, 2.24) is 14.9 Å². The van der Waals surface area contributed by atoms with E-state index in [1.165, 1.54) is 7.11 Å². The summed E-state index contributed by atoms with van der Waals surface area (Å²) >= 11 is 1.13. The van der Waals surface area contributed by atoms with Crippen molar-refractivity contribution in [3.8, 4) is 6.07 Å². The van der Waals surface area contributed by atoms with Crippen LogP contribution in [-0.2, 0) is 16.1 Å². The third kappa shape index (κ3) is 5.35. The van der Waals surface area contributed by atoms with Gasteiger partial charge >= 0.3 is 5.97 Å². The molecule has 1 unspecified atom stereocenters. The molecule has 11 heteroatoms. The number of carbonyl (C=O) groups excluding carboxylic acids is 2. The van der Waals surface area contributed by atoms with E-state index in [1.807, 2.05) is 17.0 Å². The van der Waals surface area contributed by atoms with Crippen molar-refractivity contribution in [3.05, 3.63) is 56.7 Å². The summed E-state index contributed by atoms with van der Waals surface area (Å²) in [7, 11) is 1.27. The highest BCUT2D eigenvalue weighted by molar-refractivity contribution is 7.17. The molecule has 3 N–H and O–H groups in total. The van der Waals surface area contributed by atoms with Crippen LogP contribution in [-0.4, -0.2) is 53.7 Å². The molecule has 37 heavy (non-hydrogen) atoms. The van der Waals surface area contributed by atoms with E-state index in [2.05, 4.69) is 11.4 Å². The molecule has 0 bridgehead atoms. The summed E-state index contributed by atoms with van der Waals surface area (Å²) in [6.07, 6.45) is 1.71. The van der Waals surface area contributed by atoms with Gasteiger partial charge in [0, 0.05) is 24.5 Å². The van der Waals surface area contributed by atoms with E-state index in [1.54, 1.807) is 35.9 Å². The van der Waals surface area contributed by atoms with Gasteiger partial charge in [0.25, 0.3) is 11.5 Å². The van der Waals surface area contributed by atoms with E-state index in [4.69, 9.17) is 15.5 Å². The fourth-order valence-corrected chi connectivity index (χ4v) is 5.44. The zero-order valence-corrected chi connectivity index (χ0v) is 21.9. The number of methoxy groups -OCH3 is 1. The van der Waals surface area contributed by atoms with E-state index in [-0.39, 0.29) is 35.1 Å². The predicted molar refractivity (Wildman–Crippen MR) is 142 cm³/mol. The van der Waals surface area contributed by atoms with Crippen molar-refractivity contribution in [2.75, 3.05) is 25.1 Å². The quantitative estimate of drug-likeness (QED) is 0.450. The summed E-state index contributed by atoms with van der Waals surface area (Å²) in [5.41, 5.74) is 7.61. The summed E-state index contributed by atoms with van der Waals surface area (Å²) in [5, 5.41) is 13.9. The number of anilines is 1. The first kappa shape index (κ1) is 26.3. The summed E-state index contributed by atoms with van der Waals surface area (Å²) in [6.45, 7) is 4.95. The Balaban J connectivity index is 1.83.